The van der Waals surface area contributed by atoms with Gasteiger partial charge in [0.05, 0.1) is 17.4 Å². The van der Waals surface area contributed by atoms with Crippen molar-refractivity contribution in [2.24, 2.45) is 0 Å². The first-order valence-electron chi connectivity index (χ1n) is 6.79. The Hall–Kier alpha value is -2.96. The summed E-state index contributed by atoms with van der Waals surface area (Å²) >= 11 is 0. The minimum absolute atomic E-state index is 0.129. The molecule has 4 aromatic heterocycles. The molecular formula is C16H9F3N4. The predicted molar refractivity (Wildman–Crippen MR) is 79.5 cm³/mol. The van der Waals surface area contributed by atoms with Gasteiger partial charge >= 0.3 is 6.55 Å². The van der Waals surface area contributed by atoms with Crippen molar-refractivity contribution >= 4 is 21.9 Å². The van der Waals surface area contributed by atoms with Crippen LogP contribution in [0.5, 0.6) is 0 Å². The molecule has 23 heavy (non-hydrogen) atoms. The third kappa shape index (κ3) is 2.12. The Labute approximate surface area is 128 Å². The average Bonchev–Trinajstić information content (AvgIpc) is 2.88. The van der Waals surface area contributed by atoms with Gasteiger partial charge in [0.2, 0.25) is 0 Å². The van der Waals surface area contributed by atoms with Gasteiger partial charge in [-0.05, 0) is 24.3 Å². The summed E-state index contributed by atoms with van der Waals surface area (Å²) in [7, 11) is 0. The van der Waals surface area contributed by atoms with E-state index in [1.165, 1.54) is 30.7 Å². The van der Waals surface area contributed by atoms with Crippen molar-refractivity contribution in [3.63, 3.8) is 0 Å². The number of alkyl halides is 2. The van der Waals surface area contributed by atoms with Crippen molar-refractivity contribution in [1.82, 2.24) is 19.5 Å². The van der Waals surface area contributed by atoms with E-state index in [1.807, 2.05) is 0 Å². The van der Waals surface area contributed by atoms with Crippen LogP contribution in [0.4, 0.5) is 13.2 Å². The third-order valence-corrected chi connectivity index (χ3v) is 3.65. The number of aromatic nitrogens is 4. The summed E-state index contributed by atoms with van der Waals surface area (Å²) in [4.78, 5) is 12.0. The van der Waals surface area contributed by atoms with Crippen LogP contribution in [0.15, 0.2) is 49.1 Å². The van der Waals surface area contributed by atoms with E-state index in [1.54, 1.807) is 12.1 Å². The summed E-state index contributed by atoms with van der Waals surface area (Å²) < 4.78 is 41.1. The molecule has 114 valence electrons. The van der Waals surface area contributed by atoms with E-state index < -0.39 is 12.4 Å². The molecule has 4 heterocycles. The van der Waals surface area contributed by atoms with Crippen molar-refractivity contribution in [3.8, 4) is 11.3 Å². The number of rotatable bonds is 2. The van der Waals surface area contributed by atoms with Gasteiger partial charge in [-0.15, -0.1) is 0 Å². The number of hydrogen-bond donors (Lipinski definition) is 0. The molecule has 0 saturated carbocycles. The standard InChI is InChI=1S/C16H9F3N4/c17-10-5-9(6-21-7-10)13-2-1-11-12-8-20-4-3-14(12)23(16(18)19)15(11)22-13/h1-8,16H. The summed E-state index contributed by atoms with van der Waals surface area (Å²) in [6, 6.07) is 6.12. The Kier molecular flexibility index (Phi) is 3.00. The van der Waals surface area contributed by atoms with Crippen LogP contribution in [-0.2, 0) is 0 Å². The van der Waals surface area contributed by atoms with E-state index in [4.69, 9.17) is 0 Å². The summed E-state index contributed by atoms with van der Waals surface area (Å²) in [6.45, 7) is -2.74. The van der Waals surface area contributed by atoms with Crippen molar-refractivity contribution in [2.45, 2.75) is 6.55 Å². The second-order valence-corrected chi connectivity index (χ2v) is 5.00. The van der Waals surface area contributed by atoms with Crippen LogP contribution >= 0.6 is 0 Å². The van der Waals surface area contributed by atoms with Gasteiger partial charge in [0.1, 0.15) is 11.5 Å². The lowest BCUT2D eigenvalue weighted by Crippen LogP contribution is -1.99. The maximum Gasteiger partial charge on any atom is 0.320 e. The highest BCUT2D eigenvalue weighted by molar-refractivity contribution is 6.06. The molecule has 0 radical (unpaired) electrons. The number of hydrogen-bond acceptors (Lipinski definition) is 3. The Balaban J connectivity index is 2.05. The second-order valence-electron chi connectivity index (χ2n) is 5.00. The van der Waals surface area contributed by atoms with Crippen LogP contribution in [0, 0.1) is 5.82 Å². The van der Waals surface area contributed by atoms with E-state index in [-0.39, 0.29) is 5.65 Å². The van der Waals surface area contributed by atoms with Crippen molar-refractivity contribution in [3.05, 3.63) is 54.9 Å². The monoisotopic (exact) mass is 314 g/mol. The Bertz CT molecular complexity index is 1030. The fraction of sp³-hybridized carbons (Fsp3) is 0.0625. The Morgan fingerprint density at radius 1 is 0.957 bits per heavy atom. The number of pyridine rings is 3. The van der Waals surface area contributed by atoms with Crippen LogP contribution in [-0.4, -0.2) is 19.5 Å². The summed E-state index contributed by atoms with van der Waals surface area (Å²) in [5.41, 5.74) is 1.29. The van der Waals surface area contributed by atoms with Crippen LogP contribution < -0.4 is 0 Å². The summed E-state index contributed by atoms with van der Waals surface area (Å²) in [5, 5.41) is 1.17. The van der Waals surface area contributed by atoms with E-state index in [9.17, 15) is 13.2 Å². The number of fused-ring (bicyclic) bond motifs is 3. The Morgan fingerprint density at radius 3 is 2.61 bits per heavy atom. The zero-order chi connectivity index (χ0) is 16.0. The van der Waals surface area contributed by atoms with Crippen molar-refractivity contribution in [1.29, 1.82) is 0 Å². The van der Waals surface area contributed by atoms with Gasteiger partial charge in [-0.2, -0.15) is 8.78 Å². The lowest BCUT2D eigenvalue weighted by molar-refractivity contribution is 0.0791. The van der Waals surface area contributed by atoms with Gasteiger partial charge in [0.15, 0.2) is 0 Å². The SMILES string of the molecule is Fc1cncc(-c2ccc3c4cnccc4n(C(F)F)c3n2)c1. The molecule has 0 aromatic carbocycles. The topological polar surface area (TPSA) is 43.6 Å². The van der Waals surface area contributed by atoms with Gasteiger partial charge in [-0.1, -0.05) is 0 Å². The summed E-state index contributed by atoms with van der Waals surface area (Å²) in [5.74, 6) is -0.511. The molecule has 7 heteroatoms. The molecule has 4 rings (SSSR count). The van der Waals surface area contributed by atoms with Gasteiger partial charge in [0, 0.05) is 34.9 Å². The first-order chi connectivity index (χ1) is 11.1. The molecule has 0 aliphatic carbocycles. The zero-order valence-electron chi connectivity index (χ0n) is 11.6. The van der Waals surface area contributed by atoms with Crippen LogP contribution in [0.1, 0.15) is 6.55 Å². The van der Waals surface area contributed by atoms with Gasteiger partial charge in [-0.25, -0.2) is 9.37 Å². The molecule has 0 fully saturated rings. The fourth-order valence-corrected chi connectivity index (χ4v) is 2.67. The van der Waals surface area contributed by atoms with E-state index in [0.717, 1.165) is 10.8 Å². The maximum atomic E-state index is 13.5. The number of halogens is 3. The molecule has 0 amide bonds. The third-order valence-electron chi connectivity index (χ3n) is 3.65. The van der Waals surface area contributed by atoms with Gasteiger partial charge < -0.3 is 0 Å². The highest BCUT2D eigenvalue weighted by Gasteiger charge is 2.18. The molecule has 0 spiro atoms. The molecule has 0 saturated heterocycles. The van der Waals surface area contributed by atoms with Gasteiger partial charge in [0.25, 0.3) is 0 Å². The molecule has 0 N–H and O–H groups in total. The highest BCUT2D eigenvalue weighted by Crippen LogP contribution is 2.32. The largest absolute Gasteiger partial charge is 0.320 e. The Morgan fingerprint density at radius 2 is 1.83 bits per heavy atom. The highest BCUT2D eigenvalue weighted by atomic mass is 19.3. The normalized spacial score (nSPS) is 11.7. The lowest BCUT2D eigenvalue weighted by atomic mass is 10.1. The molecule has 0 bridgehead atoms. The first-order valence-corrected chi connectivity index (χ1v) is 6.79. The summed E-state index contributed by atoms with van der Waals surface area (Å²) in [6.07, 6.45) is 5.50. The minimum atomic E-state index is -2.74. The average molecular weight is 314 g/mol. The quantitative estimate of drug-likeness (QED) is 0.557. The zero-order valence-corrected chi connectivity index (χ0v) is 11.6. The predicted octanol–water partition coefficient (Wildman–Crippen LogP) is 4.18. The molecule has 0 aliphatic heterocycles. The lowest BCUT2D eigenvalue weighted by Gasteiger charge is -2.06. The molecule has 4 aromatic rings. The fourth-order valence-electron chi connectivity index (χ4n) is 2.67. The molecule has 0 aliphatic rings. The first kappa shape index (κ1) is 13.7. The molecule has 0 atom stereocenters. The molecule has 0 unspecified atom stereocenters. The van der Waals surface area contributed by atoms with Gasteiger partial charge in [-0.3, -0.25) is 14.5 Å². The maximum absolute atomic E-state index is 13.5. The van der Waals surface area contributed by atoms with E-state index >= 15 is 0 Å². The van der Waals surface area contributed by atoms with E-state index in [0.29, 0.717) is 27.5 Å². The molecular weight excluding hydrogens is 305 g/mol. The van der Waals surface area contributed by atoms with Crippen molar-refractivity contribution < 1.29 is 13.2 Å². The minimum Gasteiger partial charge on any atom is -0.268 e. The smallest absolute Gasteiger partial charge is 0.268 e. The van der Waals surface area contributed by atoms with Crippen LogP contribution in [0.2, 0.25) is 0 Å². The molecule has 4 nitrogen and oxygen atoms in total. The van der Waals surface area contributed by atoms with Crippen molar-refractivity contribution in [2.75, 3.05) is 0 Å². The number of nitrogens with zero attached hydrogens (tertiary/aromatic N) is 4. The second kappa shape index (κ2) is 5.05. The van der Waals surface area contributed by atoms with E-state index in [2.05, 4.69) is 15.0 Å². The van der Waals surface area contributed by atoms with Crippen LogP contribution in [0.3, 0.4) is 0 Å². The van der Waals surface area contributed by atoms with Crippen LogP contribution in [0.25, 0.3) is 33.2 Å².